The zero-order chi connectivity index (χ0) is 18.8. The largest absolute Gasteiger partial charge is 0.454 e. The molecule has 0 bridgehead atoms. The molecule has 1 fully saturated rings. The average Bonchev–Trinajstić information content (AvgIpc) is 3.35. The van der Waals surface area contributed by atoms with Crippen LogP contribution in [0.5, 0.6) is 11.5 Å². The molecule has 140 valence electrons. The molecule has 2 heterocycles. The Bertz CT molecular complexity index is 869. The summed E-state index contributed by atoms with van der Waals surface area (Å²) in [4.78, 5) is 27.1. The number of nitrogens with zero attached hydrogens (tertiary/aromatic N) is 1. The van der Waals surface area contributed by atoms with Crippen LogP contribution in [0.1, 0.15) is 28.8 Å². The smallest absolute Gasteiger partial charge is 0.254 e. The molecule has 1 atom stereocenters. The van der Waals surface area contributed by atoms with Crippen LogP contribution in [-0.4, -0.2) is 36.1 Å². The van der Waals surface area contributed by atoms with Gasteiger partial charge in [-0.05, 0) is 54.8 Å². The first-order chi connectivity index (χ1) is 13.1. The molecule has 2 aromatic rings. The van der Waals surface area contributed by atoms with E-state index in [4.69, 9.17) is 9.47 Å². The molecule has 0 radical (unpaired) electrons. The molecule has 6 nitrogen and oxygen atoms in total. The summed E-state index contributed by atoms with van der Waals surface area (Å²) in [6, 6.07) is 12.4. The Balaban J connectivity index is 1.40. The van der Waals surface area contributed by atoms with Crippen molar-refractivity contribution in [1.29, 1.82) is 0 Å². The van der Waals surface area contributed by atoms with Crippen molar-refractivity contribution in [2.24, 2.45) is 0 Å². The highest BCUT2D eigenvalue weighted by Crippen LogP contribution is 2.32. The molecule has 1 unspecified atom stereocenters. The summed E-state index contributed by atoms with van der Waals surface area (Å²) in [5.41, 5.74) is 1.52. The fourth-order valence-corrected chi connectivity index (χ4v) is 3.66. The van der Waals surface area contributed by atoms with E-state index < -0.39 is 6.04 Å². The lowest BCUT2D eigenvalue weighted by atomic mass is 10.1. The number of hydrogen-bond acceptors (Lipinski definition) is 4. The second-order valence-electron chi connectivity index (χ2n) is 6.57. The number of amides is 2. The van der Waals surface area contributed by atoms with Crippen molar-refractivity contribution in [3.63, 3.8) is 0 Å². The standard InChI is InChI=1S/C20H19BrN2O4/c21-15-6-4-14(5-7-15)20(25)23-9-1-2-16(23)19(24)22-11-13-3-8-17-18(10-13)27-12-26-17/h3-8,10,16H,1-2,9,11-12H2,(H,22,24). The van der Waals surface area contributed by atoms with Crippen molar-refractivity contribution < 1.29 is 19.1 Å². The quantitative estimate of drug-likeness (QED) is 0.808. The van der Waals surface area contributed by atoms with Crippen molar-refractivity contribution in [1.82, 2.24) is 10.2 Å². The number of nitrogens with one attached hydrogen (secondary N) is 1. The van der Waals surface area contributed by atoms with Crippen LogP contribution in [0, 0.1) is 0 Å². The summed E-state index contributed by atoms with van der Waals surface area (Å²) < 4.78 is 11.6. The zero-order valence-electron chi connectivity index (χ0n) is 14.6. The second kappa shape index (κ2) is 7.60. The lowest BCUT2D eigenvalue weighted by molar-refractivity contribution is -0.125. The molecule has 1 saturated heterocycles. The van der Waals surface area contributed by atoms with Gasteiger partial charge < -0.3 is 19.7 Å². The molecule has 1 N–H and O–H groups in total. The van der Waals surface area contributed by atoms with E-state index in [9.17, 15) is 9.59 Å². The molecule has 7 heteroatoms. The molecule has 2 aliphatic heterocycles. The fourth-order valence-electron chi connectivity index (χ4n) is 3.40. The van der Waals surface area contributed by atoms with Gasteiger partial charge in [0.2, 0.25) is 12.7 Å². The molecule has 0 aliphatic carbocycles. The van der Waals surface area contributed by atoms with Crippen LogP contribution in [0.15, 0.2) is 46.9 Å². The number of fused-ring (bicyclic) bond motifs is 1. The number of rotatable bonds is 4. The normalized spacial score (nSPS) is 17.8. The highest BCUT2D eigenvalue weighted by molar-refractivity contribution is 9.10. The van der Waals surface area contributed by atoms with E-state index in [2.05, 4.69) is 21.2 Å². The number of carbonyl (C=O) groups excluding carboxylic acids is 2. The number of ether oxygens (including phenoxy) is 2. The van der Waals surface area contributed by atoms with Gasteiger partial charge in [0.25, 0.3) is 5.91 Å². The summed E-state index contributed by atoms with van der Waals surface area (Å²) in [7, 11) is 0. The maximum atomic E-state index is 12.8. The first kappa shape index (κ1) is 17.9. The zero-order valence-corrected chi connectivity index (χ0v) is 16.2. The molecular formula is C20H19BrN2O4. The van der Waals surface area contributed by atoms with Gasteiger partial charge in [0.05, 0.1) is 0 Å². The lowest BCUT2D eigenvalue weighted by Gasteiger charge is -2.24. The monoisotopic (exact) mass is 430 g/mol. The minimum Gasteiger partial charge on any atom is -0.454 e. The van der Waals surface area contributed by atoms with Crippen molar-refractivity contribution in [2.45, 2.75) is 25.4 Å². The van der Waals surface area contributed by atoms with Gasteiger partial charge in [-0.1, -0.05) is 22.0 Å². The minimum absolute atomic E-state index is 0.108. The van der Waals surface area contributed by atoms with E-state index in [-0.39, 0.29) is 18.6 Å². The molecule has 2 aliphatic rings. The molecule has 4 rings (SSSR count). The summed E-state index contributed by atoms with van der Waals surface area (Å²) in [5, 5.41) is 2.94. The molecule has 0 aromatic heterocycles. The van der Waals surface area contributed by atoms with Gasteiger partial charge in [0.15, 0.2) is 11.5 Å². The second-order valence-corrected chi connectivity index (χ2v) is 7.48. The first-order valence-electron chi connectivity index (χ1n) is 8.84. The molecule has 27 heavy (non-hydrogen) atoms. The van der Waals surface area contributed by atoms with E-state index >= 15 is 0 Å². The summed E-state index contributed by atoms with van der Waals surface area (Å²) in [6.07, 6.45) is 1.50. The molecule has 2 aromatic carbocycles. The highest BCUT2D eigenvalue weighted by Gasteiger charge is 2.34. The maximum absolute atomic E-state index is 12.8. The van der Waals surface area contributed by atoms with Crippen LogP contribution in [0.4, 0.5) is 0 Å². The molecular weight excluding hydrogens is 412 g/mol. The topological polar surface area (TPSA) is 67.9 Å². The van der Waals surface area contributed by atoms with E-state index in [1.165, 1.54) is 0 Å². The van der Waals surface area contributed by atoms with Gasteiger partial charge in [-0.25, -0.2) is 0 Å². The predicted octanol–water partition coefficient (Wildman–Crippen LogP) is 3.10. The van der Waals surface area contributed by atoms with E-state index in [0.29, 0.717) is 36.6 Å². The number of benzene rings is 2. The Hall–Kier alpha value is -2.54. The minimum atomic E-state index is -0.435. The van der Waals surface area contributed by atoms with Gasteiger partial charge in [0.1, 0.15) is 6.04 Å². The van der Waals surface area contributed by atoms with Crippen molar-refractivity contribution >= 4 is 27.7 Å². The fraction of sp³-hybridized carbons (Fsp3) is 0.300. The Morgan fingerprint density at radius 2 is 1.89 bits per heavy atom. The van der Waals surface area contributed by atoms with Gasteiger partial charge in [-0.3, -0.25) is 9.59 Å². The van der Waals surface area contributed by atoms with Gasteiger partial charge in [-0.2, -0.15) is 0 Å². The van der Waals surface area contributed by atoms with Crippen LogP contribution in [0.25, 0.3) is 0 Å². The average molecular weight is 431 g/mol. The molecule has 0 spiro atoms. The lowest BCUT2D eigenvalue weighted by Crippen LogP contribution is -2.45. The maximum Gasteiger partial charge on any atom is 0.254 e. The summed E-state index contributed by atoms with van der Waals surface area (Å²) in [5.74, 6) is 1.17. The van der Waals surface area contributed by atoms with Crippen LogP contribution in [0.2, 0.25) is 0 Å². The SMILES string of the molecule is O=C(NCc1ccc2c(c1)OCO2)C1CCCN1C(=O)c1ccc(Br)cc1. The number of hydrogen-bond donors (Lipinski definition) is 1. The predicted molar refractivity (Wildman–Crippen MR) is 103 cm³/mol. The number of carbonyl (C=O) groups is 2. The van der Waals surface area contributed by atoms with E-state index in [1.54, 1.807) is 17.0 Å². The van der Waals surface area contributed by atoms with E-state index in [0.717, 1.165) is 16.5 Å². The Labute approximate surface area is 165 Å². The Kier molecular flexibility index (Phi) is 5.03. The van der Waals surface area contributed by atoms with Crippen molar-refractivity contribution in [3.05, 3.63) is 58.1 Å². The van der Waals surface area contributed by atoms with E-state index in [1.807, 2.05) is 30.3 Å². The number of likely N-dealkylation sites (tertiary alicyclic amines) is 1. The molecule has 0 saturated carbocycles. The van der Waals surface area contributed by atoms with Crippen LogP contribution >= 0.6 is 15.9 Å². The Morgan fingerprint density at radius 1 is 1.11 bits per heavy atom. The molecule has 2 amide bonds. The summed E-state index contributed by atoms with van der Waals surface area (Å²) >= 11 is 3.37. The third kappa shape index (κ3) is 3.78. The third-order valence-corrected chi connectivity index (χ3v) is 5.34. The number of halogens is 1. The first-order valence-corrected chi connectivity index (χ1v) is 9.64. The van der Waals surface area contributed by atoms with Crippen molar-refractivity contribution in [3.8, 4) is 11.5 Å². The van der Waals surface area contributed by atoms with Gasteiger partial charge >= 0.3 is 0 Å². The Morgan fingerprint density at radius 3 is 2.70 bits per heavy atom. The highest BCUT2D eigenvalue weighted by atomic mass is 79.9. The van der Waals surface area contributed by atoms with Gasteiger partial charge in [0, 0.05) is 23.1 Å². The third-order valence-electron chi connectivity index (χ3n) is 4.81. The van der Waals surface area contributed by atoms with Crippen LogP contribution in [-0.2, 0) is 11.3 Å². The van der Waals surface area contributed by atoms with Gasteiger partial charge in [-0.15, -0.1) is 0 Å². The van der Waals surface area contributed by atoms with Crippen molar-refractivity contribution in [2.75, 3.05) is 13.3 Å². The van der Waals surface area contributed by atoms with Crippen LogP contribution < -0.4 is 14.8 Å². The van der Waals surface area contributed by atoms with Crippen LogP contribution in [0.3, 0.4) is 0 Å². The summed E-state index contributed by atoms with van der Waals surface area (Å²) in [6.45, 7) is 1.20.